The van der Waals surface area contributed by atoms with Crippen molar-refractivity contribution in [2.45, 2.75) is 31.7 Å². The van der Waals surface area contributed by atoms with E-state index in [1.54, 1.807) is 11.3 Å². The summed E-state index contributed by atoms with van der Waals surface area (Å²) >= 11 is 3.56. The Hall–Kier alpha value is -0.0300. The Morgan fingerprint density at radius 3 is 2.62 bits per heavy atom. The lowest BCUT2D eigenvalue weighted by molar-refractivity contribution is 0.252. The first-order valence-electron chi connectivity index (χ1n) is 5.52. The van der Waals surface area contributed by atoms with Gasteiger partial charge < -0.3 is 5.32 Å². The number of nitrogens with one attached hydrogen (secondary N) is 1. The van der Waals surface area contributed by atoms with Crippen LogP contribution in [0.3, 0.4) is 0 Å². The molecule has 0 aromatic carbocycles. The Kier molecular flexibility index (Phi) is 5.31. The fraction of sp³-hybridized carbons (Fsp3) is 0.667. The predicted octanol–water partition coefficient (Wildman–Crippen LogP) is 3.32. The van der Waals surface area contributed by atoms with Gasteiger partial charge in [0, 0.05) is 22.9 Å². The van der Waals surface area contributed by atoms with Crippen LogP contribution in [0.25, 0.3) is 0 Å². The molecule has 2 nitrogen and oxygen atoms in total. The van der Waals surface area contributed by atoms with E-state index in [-0.39, 0.29) is 5.41 Å². The summed E-state index contributed by atoms with van der Waals surface area (Å²) < 4.78 is 2.30. The summed E-state index contributed by atoms with van der Waals surface area (Å²) in [5.74, 6) is 0. The van der Waals surface area contributed by atoms with Crippen LogP contribution in [-0.2, 0) is 0 Å². The van der Waals surface area contributed by atoms with Crippen molar-refractivity contribution < 1.29 is 0 Å². The second-order valence-electron chi connectivity index (χ2n) is 5.07. The van der Waals surface area contributed by atoms with Gasteiger partial charge in [-0.2, -0.15) is 11.3 Å². The number of thiophene rings is 1. The molecule has 0 saturated heterocycles. The minimum Gasteiger partial charge on any atom is -0.315 e. The van der Waals surface area contributed by atoms with Gasteiger partial charge in [-0.1, -0.05) is 20.8 Å². The van der Waals surface area contributed by atoms with E-state index in [1.165, 1.54) is 4.90 Å². The summed E-state index contributed by atoms with van der Waals surface area (Å²) in [5.41, 5.74) is 0.290. The van der Waals surface area contributed by atoms with Gasteiger partial charge in [-0.05, 0) is 42.9 Å². The van der Waals surface area contributed by atoms with Crippen LogP contribution in [0, 0.1) is 5.41 Å². The molecule has 0 amide bonds. The molecular formula is C12H22N2S2. The summed E-state index contributed by atoms with van der Waals surface area (Å²) in [6, 6.07) is 2.67. The molecule has 1 rings (SSSR count). The largest absolute Gasteiger partial charge is 0.315 e. The lowest BCUT2D eigenvalue weighted by Gasteiger charge is -2.33. The minimum atomic E-state index is 0.290. The van der Waals surface area contributed by atoms with Crippen LogP contribution in [-0.4, -0.2) is 31.0 Å². The second-order valence-corrected chi connectivity index (χ2v) is 7.13. The van der Waals surface area contributed by atoms with Crippen LogP contribution >= 0.6 is 23.3 Å². The molecule has 1 aromatic rings. The maximum absolute atomic E-state index is 3.40. The van der Waals surface area contributed by atoms with Gasteiger partial charge in [-0.15, -0.1) is 0 Å². The van der Waals surface area contributed by atoms with Gasteiger partial charge in [0.15, 0.2) is 0 Å². The van der Waals surface area contributed by atoms with Gasteiger partial charge in [-0.25, -0.2) is 4.31 Å². The van der Waals surface area contributed by atoms with Crippen LogP contribution in [0.15, 0.2) is 21.7 Å². The Balaban J connectivity index is 2.46. The van der Waals surface area contributed by atoms with Crippen molar-refractivity contribution in [2.75, 3.05) is 20.6 Å². The van der Waals surface area contributed by atoms with Crippen LogP contribution in [0.2, 0.25) is 0 Å². The van der Waals surface area contributed by atoms with E-state index in [0.717, 1.165) is 6.54 Å². The highest BCUT2D eigenvalue weighted by Crippen LogP contribution is 2.26. The number of rotatable bonds is 5. The van der Waals surface area contributed by atoms with Crippen molar-refractivity contribution in [2.24, 2.45) is 5.41 Å². The molecule has 0 aliphatic carbocycles. The fourth-order valence-corrected chi connectivity index (χ4v) is 3.23. The van der Waals surface area contributed by atoms with Gasteiger partial charge in [-0.3, -0.25) is 0 Å². The number of hydrogen-bond donors (Lipinski definition) is 1. The van der Waals surface area contributed by atoms with Crippen LogP contribution in [0.1, 0.15) is 20.8 Å². The van der Waals surface area contributed by atoms with E-state index in [2.05, 4.69) is 54.3 Å². The molecule has 16 heavy (non-hydrogen) atoms. The Morgan fingerprint density at radius 2 is 2.19 bits per heavy atom. The summed E-state index contributed by atoms with van der Waals surface area (Å²) in [6.07, 6.45) is 0. The fourth-order valence-electron chi connectivity index (χ4n) is 1.58. The zero-order valence-corrected chi connectivity index (χ0v) is 12.4. The summed E-state index contributed by atoms with van der Waals surface area (Å²) in [6.45, 7) is 7.87. The van der Waals surface area contributed by atoms with Crippen molar-refractivity contribution in [3.63, 3.8) is 0 Å². The molecule has 1 unspecified atom stereocenters. The molecular weight excluding hydrogens is 236 g/mol. The zero-order chi connectivity index (χ0) is 12.2. The molecule has 0 saturated carbocycles. The second kappa shape index (κ2) is 6.05. The van der Waals surface area contributed by atoms with Gasteiger partial charge in [0.2, 0.25) is 0 Å². The molecule has 1 heterocycles. The van der Waals surface area contributed by atoms with Gasteiger partial charge >= 0.3 is 0 Å². The molecule has 1 atom stereocenters. The number of likely N-dealkylation sites (N-methyl/N-ethyl adjacent to an activating group) is 2. The molecule has 4 heteroatoms. The van der Waals surface area contributed by atoms with Crippen LogP contribution in [0.5, 0.6) is 0 Å². The maximum Gasteiger partial charge on any atom is 0.0337 e. The maximum atomic E-state index is 3.40. The average Bonchev–Trinajstić information content (AvgIpc) is 2.64. The first kappa shape index (κ1) is 14.0. The van der Waals surface area contributed by atoms with Gasteiger partial charge in [0.25, 0.3) is 0 Å². The van der Waals surface area contributed by atoms with Crippen LogP contribution < -0.4 is 5.32 Å². The molecule has 0 aliphatic heterocycles. The lowest BCUT2D eigenvalue weighted by Crippen LogP contribution is -2.44. The normalized spacial score (nSPS) is 14.4. The molecule has 0 radical (unpaired) electrons. The predicted molar refractivity (Wildman–Crippen MR) is 75.1 cm³/mol. The molecule has 0 fully saturated rings. The van der Waals surface area contributed by atoms with Crippen molar-refractivity contribution in [3.05, 3.63) is 16.8 Å². The first-order chi connectivity index (χ1) is 7.43. The Labute approximate surface area is 108 Å². The molecule has 1 aromatic heterocycles. The third kappa shape index (κ3) is 4.45. The van der Waals surface area contributed by atoms with Crippen molar-refractivity contribution in [1.29, 1.82) is 0 Å². The molecule has 0 spiro atoms. The highest BCUT2D eigenvalue weighted by Gasteiger charge is 2.24. The monoisotopic (exact) mass is 258 g/mol. The minimum absolute atomic E-state index is 0.290. The Morgan fingerprint density at radius 1 is 1.50 bits per heavy atom. The number of hydrogen-bond acceptors (Lipinski definition) is 4. The first-order valence-corrected chi connectivity index (χ1v) is 7.23. The zero-order valence-electron chi connectivity index (χ0n) is 10.8. The van der Waals surface area contributed by atoms with E-state index in [4.69, 9.17) is 0 Å². The van der Waals surface area contributed by atoms with E-state index in [1.807, 2.05) is 19.0 Å². The molecule has 1 N–H and O–H groups in total. The highest BCUT2D eigenvalue weighted by atomic mass is 32.2. The SMILES string of the molecule is CNC(CN(C)Sc1ccsc1)C(C)(C)C. The summed E-state index contributed by atoms with van der Waals surface area (Å²) in [5, 5.41) is 7.71. The van der Waals surface area contributed by atoms with E-state index in [0.29, 0.717) is 6.04 Å². The third-order valence-corrected chi connectivity index (χ3v) is 4.35. The lowest BCUT2D eigenvalue weighted by atomic mass is 9.87. The van der Waals surface area contributed by atoms with Crippen LogP contribution in [0.4, 0.5) is 0 Å². The quantitative estimate of drug-likeness (QED) is 0.816. The van der Waals surface area contributed by atoms with E-state index >= 15 is 0 Å². The summed E-state index contributed by atoms with van der Waals surface area (Å²) in [7, 11) is 4.19. The number of nitrogens with zero attached hydrogens (tertiary/aromatic N) is 1. The van der Waals surface area contributed by atoms with Gasteiger partial charge in [0.1, 0.15) is 0 Å². The van der Waals surface area contributed by atoms with Gasteiger partial charge in [0.05, 0.1) is 0 Å². The van der Waals surface area contributed by atoms with E-state index < -0.39 is 0 Å². The smallest absolute Gasteiger partial charge is 0.0337 e. The Bertz CT molecular complexity index is 290. The standard InChI is InChI=1S/C12H22N2S2/c1-12(2,3)11(13-4)8-14(5)16-10-6-7-15-9-10/h6-7,9,11,13H,8H2,1-5H3. The third-order valence-electron chi connectivity index (χ3n) is 2.59. The summed E-state index contributed by atoms with van der Waals surface area (Å²) in [4.78, 5) is 1.33. The van der Waals surface area contributed by atoms with Crippen molar-refractivity contribution >= 4 is 23.3 Å². The highest BCUT2D eigenvalue weighted by molar-refractivity contribution is 7.97. The molecule has 92 valence electrons. The molecule has 0 bridgehead atoms. The van der Waals surface area contributed by atoms with Crippen molar-refractivity contribution in [3.8, 4) is 0 Å². The molecule has 0 aliphatic rings. The average molecular weight is 258 g/mol. The topological polar surface area (TPSA) is 15.3 Å². The van der Waals surface area contributed by atoms with Crippen molar-refractivity contribution in [1.82, 2.24) is 9.62 Å². The van der Waals surface area contributed by atoms with E-state index in [9.17, 15) is 0 Å².